The maximum atomic E-state index is 13.1. The number of hydrogen-bond donors (Lipinski definition) is 1. The summed E-state index contributed by atoms with van der Waals surface area (Å²) in [4.78, 5) is 30.2. The molecule has 6 heteroatoms. The average Bonchev–Trinajstić information content (AvgIpc) is 3.29. The molecule has 2 saturated heterocycles. The third-order valence-corrected chi connectivity index (χ3v) is 7.37. The fourth-order valence-corrected chi connectivity index (χ4v) is 5.30. The van der Waals surface area contributed by atoms with Gasteiger partial charge >= 0.3 is 0 Å². The maximum absolute atomic E-state index is 13.1. The summed E-state index contributed by atoms with van der Waals surface area (Å²) in [6.45, 7) is 12.1. The Kier molecular flexibility index (Phi) is 6.59. The van der Waals surface area contributed by atoms with Crippen LogP contribution in [0.5, 0.6) is 0 Å². The van der Waals surface area contributed by atoms with Gasteiger partial charge in [0.1, 0.15) is 0 Å². The first-order chi connectivity index (χ1) is 15.2. The molecular weight excluding hydrogens is 422 g/mol. The summed E-state index contributed by atoms with van der Waals surface area (Å²) in [5.74, 6) is 1.00. The number of aryl methyl sites for hydroxylation is 3. The molecule has 2 amide bonds. The zero-order valence-electron chi connectivity index (χ0n) is 19.3. The van der Waals surface area contributed by atoms with Crippen LogP contribution in [-0.2, 0) is 4.79 Å². The van der Waals surface area contributed by atoms with Gasteiger partial charge in [-0.2, -0.15) is 0 Å². The van der Waals surface area contributed by atoms with E-state index in [1.54, 1.807) is 6.07 Å². The van der Waals surface area contributed by atoms with Crippen LogP contribution in [-0.4, -0.2) is 54.3 Å². The zero-order valence-corrected chi connectivity index (χ0v) is 20.1. The molecule has 170 valence electrons. The molecule has 5 nitrogen and oxygen atoms in total. The fourth-order valence-electron chi connectivity index (χ4n) is 5.12. The molecule has 0 radical (unpaired) electrons. The van der Waals surface area contributed by atoms with Crippen molar-refractivity contribution in [3.05, 3.63) is 63.7 Å². The van der Waals surface area contributed by atoms with Crippen molar-refractivity contribution in [1.29, 1.82) is 0 Å². The molecular formula is C26H32ClN3O2. The van der Waals surface area contributed by atoms with Crippen molar-refractivity contribution in [3.8, 4) is 0 Å². The van der Waals surface area contributed by atoms with Gasteiger partial charge in [-0.1, -0.05) is 42.8 Å². The first-order valence-electron chi connectivity index (χ1n) is 11.4. The van der Waals surface area contributed by atoms with Gasteiger partial charge in [0.05, 0.1) is 0 Å². The number of fused-ring (bicyclic) bond motifs is 1. The number of rotatable bonds is 5. The van der Waals surface area contributed by atoms with Crippen molar-refractivity contribution in [3.63, 3.8) is 0 Å². The number of anilines is 1. The average molecular weight is 454 g/mol. The van der Waals surface area contributed by atoms with Crippen molar-refractivity contribution in [2.24, 2.45) is 17.8 Å². The summed E-state index contributed by atoms with van der Waals surface area (Å²) in [6.07, 6.45) is 0. The van der Waals surface area contributed by atoms with Gasteiger partial charge in [-0.25, -0.2) is 0 Å². The second kappa shape index (κ2) is 9.24. The molecule has 4 rings (SSSR count). The van der Waals surface area contributed by atoms with Crippen LogP contribution in [0.4, 0.5) is 5.69 Å². The molecule has 0 saturated carbocycles. The number of hydrogen-bond acceptors (Lipinski definition) is 3. The molecule has 3 unspecified atom stereocenters. The third-order valence-electron chi connectivity index (χ3n) is 6.96. The van der Waals surface area contributed by atoms with Crippen molar-refractivity contribution in [2.75, 3.05) is 38.0 Å². The van der Waals surface area contributed by atoms with Crippen LogP contribution >= 0.6 is 11.6 Å². The van der Waals surface area contributed by atoms with Crippen LogP contribution < -0.4 is 5.32 Å². The van der Waals surface area contributed by atoms with Crippen LogP contribution in [0.1, 0.15) is 34.0 Å². The molecule has 2 aromatic rings. The molecule has 2 aliphatic heterocycles. The highest BCUT2D eigenvalue weighted by Gasteiger charge is 2.42. The Bertz CT molecular complexity index is 1000. The van der Waals surface area contributed by atoms with Crippen molar-refractivity contribution >= 4 is 29.1 Å². The Hall–Kier alpha value is -2.37. The standard InChI is InChI=1S/C26H32ClN3O2/c1-16-8-9-22(10-23(16)27)28-25(31)19(4)11-29-12-20-14-30(15-21(20)13-29)26(32)24-17(2)6-5-7-18(24)3/h5-10,19-21H,11-15H2,1-4H3,(H,28,31). The molecule has 0 bridgehead atoms. The number of nitrogens with zero attached hydrogens (tertiary/aromatic N) is 2. The van der Waals surface area contributed by atoms with E-state index in [0.29, 0.717) is 16.9 Å². The lowest BCUT2D eigenvalue weighted by Crippen LogP contribution is -2.37. The lowest BCUT2D eigenvalue weighted by molar-refractivity contribution is -0.119. The largest absolute Gasteiger partial charge is 0.338 e. The summed E-state index contributed by atoms with van der Waals surface area (Å²) in [5.41, 5.74) is 4.67. The minimum Gasteiger partial charge on any atom is -0.338 e. The second-order valence-electron chi connectivity index (χ2n) is 9.57. The molecule has 2 aromatic carbocycles. The Morgan fingerprint density at radius 1 is 1.00 bits per heavy atom. The Balaban J connectivity index is 1.30. The molecule has 32 heavy (non-hydrogen) atoms. The van der Waals surface area contributed by atoms with Crippen LogP contribution in [0.15, 0.2) is 36.4 Å². The number of carbonyl (C=O) groups is 2. The van der Waals surface area contributed by atoms with Crippen LogP contribution in [0.25, 0.3) is 0 Å². The van der Waals surface area contributed by atoms with E-state index in [9.17, 15) is 9.59 Å². The van der Waals surface area contributed by atoms with Gasteiger partial charge in [-0.3, -0.25) is 9.59 Å². The zero-order chi connectivity index (χ0) is 23.0. The lowest BCUT2D eigenvalue weighted by Gasteiger charge is -2.24. The van der Waals surface area contributed by atoms with Gasteiger partial charge in [0.25, 0.3) is 5.91 Å². The highest BCUT2D eigenvalue weighted by molar-refractivity contribution is 6.31. The van der Waals surface area contributed by atoms with E-state index in [4.69, 9.17) is 11.6 Å². The molecule has 0 aliphatic carbocycles. The van der Waals surface area contributed by atoms with E-state index >= 15 is 0 Å². The van der Waals surface area contributed by atoms with E-state index in [1.165, 1.54) is 0 Å². The monoisotopic (exact) mass is 453 g/mol. The molecule has 2 heterocycles. The minimum atomic E-state index is -0.124. The SMILES string of the molecule is Cc1ccc(NC(=O)C(C)CN2CC3CN(C(=O)c4c(C)cccc4C)CC3C2)cc1Cl. The van der Waals surface area contributed by atoms with Crippen molar-refractivity contribution in [2.45, 2.75) is 27.7 Å². The highest BCUT2D eigenvalue weighted by atomic mass is 35.5. The number of amides is 2. The van der Waals surface area contributed by atoms with Gasteiger partial charge in [-0.05, 0) is 61.4 Å². The van der Waals surface area contributed by atoms with Gasteiger partial charge in [0.2, 0.25) is 5.91 Å². The van der Waals surface area contributed by atoms with E-state index in [0.717, 1.165) is 60.7 Å². The van der Waals surface area contributed by atoms with Crippen LogP contribution in [0, 0.1) is 38.5 Å². The van der Waals surface area contributed by atoms with E-state index in [-0.39, 0.29) is 17.7 Å². The summed E-state index contributed by atoms with van der Waals surface area (Å²) in [6, 6.07) is 11.6. The fraction of sp³-hybridized carbons (Fsp3) is 0.462. The number of carbonyl (C=O) groups excluding carboxylic acids is 2. The lowest BCUT2D eigenvalue weighted by atomic mass is 10.0. The first-order valence-corrected chi connectivity index (χ1v) is 11.8. The molecule has 2 fully saturated rings. The van der Waals surface area contributed by atoms with E-state index in [2.05, 4.69) is 10.2 Å². The summed E-state index contributed by atoms with van der Waals surface area (Å²) < 4.78 is 0. The number of nitrogens with one attached hydrogen (secondary N) is 1. The van der Waals surface area contributed by atoms with Crippen molar-refractivity contribution in [1.82, 2.24) is 9.80 Å². The molecule has 0 spiro atoms. The predicted octanol–water partition coefficient (Wildman–Crippen LogP) is 4.54. The number of likely N-dealkylation sites (tertiary alicyclic amines) is 2. The number of benzene rings is 2. The van der Waals surface area contributed by atoms with Gasteiger partial charge in [0, 0.05) is 54.9 Å². The minimum absolute atomic E-state index is 0.00816. The van der Waals surface area contributed by atoms with Gasteiger partial charge in [-0.15, -0.1) is 0 Å². The summed E-state index contributed by atoms with van der Waals surface area (Å²) in [7, 11) is 0. The summed E-state index contributed by atoms with van der Waals surface area (Å²) >= 11 is 6.17. The normalized spacial score (nSPS) is 21.5. The molecule has 1 N–H and O–H groups in total. The van der Waals surface area contributed by atoms with Crippen LogP contribution in [0.2, 0.25) is 5.02 Å². The first kappa shape index (κ1) is 22.8. The Morgan fingerprint density at radius 3 is 2.22 bits per heavy atom. The molecule has 0 aromatic heterocycles. The van der Waals surface area contributed by atoms with Crippen molar-refractivity contribution < 1.29 is 9.59 Å². The predicted molar refractivity (Wildman–Crippen MR) is 129 cm³/mol. The third kappa shape index (κ3) is 4.69. The Labute approximate surface area is 195 Å². The Morgan fingerprint density at radius 2 is 1.62 bits per heavy atom. The summed E-state index contributed by atoms with van der Waals surface area (Å²) in [5, 5.41) is 3.64. The highest BCUT2D eigenvalue weighted by Crippen LogP contribution is 2.33. The topological polar surface area (TPSA) is 52.7 Å². The number of halogens is 1. The molecule has 2 aliphatic rings. The quantitative estimate of drug-likeness (QED) is 0.722. The molecule has 3 atom stereocenters. The van der Waals surface area contributed by atoms with E-state index in [1.807, 2.05) is 62.9 Å². The maximum Gasteiger partial charge on any atom is 0.254 e. The van der Waals surface area contributed by atoms with Gasteiger partial charge < -0.3 is 15.1 Å². The second-order valence-corrected chi connectivity index (χ2v) is 9.98. The van der Waals surface area contributed by atoms with Gasteiger partial charge in [0.15, 0.2) is 0 Å². The van der Waals surface area contributed by atoms with E-state index < -0.39 is 0 Å². The smallest absolute Gasteiger partial charge is 0.254 e. The van der Waals surface area contributed by atoms with Crippen LogP contribution in [0.3, 0.4) is 0 Å².